The van der Waals surface area contributed by atoms with Gasteiger partial charge in [-0.3, -0.25) is 9.56 Å². The molecule has 7 nitrogen and oxygen atoms in total. The number of nitrogens with zero attached hydrogens (tertiary/aromatic N) is 1. The minimum absolute atomic E-state index is 0. The maximum absolute atomic E-state index is 12.1. The van der Waals surface area contributed by atoms with Crippen molar-refractivity contribution in [2.24, 2.45) is 4.99 Å². The largest absolute Gasteiger partial charge is 1.00 e. The molecule has 1 unspecified atom stereocenters. The Bertz CT molecular complexity index is 630. The van der Waals surface area contributed by atoms with Gasteiger partial charge in [0.25, 0.3) is 7.82 Å². The molecule has 0 aliphatic rings. The summed E-state index contributed by atoms with van der Waals surface area (Å²) in [6, 6.07) is 8.12. The van der Waals surface area contributed by atoms with Crippen molar-refractivity contribution in [2.45, 2.75) is 83.6 Å². The summed E-state index contributed by atoms with van der Waals surface area (Å²) in [5, 5.41) is 12.1. The molecule has 0 saturated heterocycles. The Morgan fingerprint density at radius 3 is 2.03 bits per heavy atom. The van der Waals surface area contributed by atoms with E-state index in [0.29, 0.717) is 12.2 Å². The Balaban J connectivity index is 0. The summed E-state index contributed by atoms with van der Waals surface area (Å²) in [7, 11) is -4.88. The summed E-state index contributed by atoms with van der Waals surface area (Å²) in [6.45, 7) is 1.76. The molecule has 0 aliphatic carbocycles. The number of benzene rings is 1. The molecule has 1 aromatic carbocycles. The summed E-state index contributed by atoms with van der Waals surface area (Å²) in [5.74, 6) is 0.271. The standard InChI is InChI=1S/C22H38NO6P.2Na/c1-2-3-4-5-6-7-8-9-10-14-17-22(24)23-20(19-29-30(25,26)27)18-28-21-15-12-11-13-16-21;;/h11-13,15-16,20H,2-10,14,17-19H2,1H3,(H,23,24)(H2,25,26,27);;/q;2*+1/p-2/t20-;;/m1../s1. The SMILES string of the molecule is CCCCCCCCCCCCC([O-])=N[C@H](COc1ccccc1)COP(=O)([O-])O.[Na+].[Na+]. The van der Waals surface area contributed by atoms with E-state index in [9.17, 15) is 14.6 Å². The number of aliphatic imine (C=N–C) groups is 1. The molecule has 0 aromatic heterocycles. The van der Waals surface area contributed by atoms with Gasteiger partial charge in [-0.2, -0.15) is 0 Å². The summed E-state index contributed by atoms with van der Waals surface area (Å²) >= 11 is 0. The first-order chi connectivity index (χ1) is 14.4. The minimum atomic E-state index is -4.88. The molecule has 0 radical (unpaired) electrons. The van der Waals surface area contributed by atoms with E-state index in [0.717, 1.165) is 19.3 Å². The van der Waals surface area contributed by atoms with Crippen LogP contribution in [0, 0.1) is 0 Å². The molecule has 32 heavy (non-hydrogen) atoms. The van der Waals surface area contributed by atoms with E-state index in [1.165, 1.54) is 44.9 Å². The van der Waals surface area contributed by atoms with Crippen LogP contribution >= 0.6 is 7.82 Å². The maximum Gasteiger partial charge on any atom is 1.00 e. The fourth-order valence-corrected chi connectivity index (χ4v) is 3.40. The van der Waals surface area contributed by atoms with Crippen LogP contribution in [0.3, 0.4) is 0 Å². The first-order valence-electron chi connectivity index (χ1n) is 11.0. The molecule has 0 saturated carbocycles. The second kappa shape index (κ2) is 22.1. The smallest absolute Gasteiger partial charge is 0.862 e. The number of rotatable bonds is 18. The minimum Gasteiger partial charge on any atom is -0.862 e. The second-order valence-corrected chi connectivity index (χ2v) is 8.69. The molecular weight excluding hydrogens is 451 g/mol. The molecule has 1 rings (SSSR count). The van der Waals surface area contributed by atoms with Crippen molar-refractivity contribution in [3.05, 3.63) is 30.3 Å². The van der Waals surface area contributed by atoms with E-state index in [4.69, 9.17) is 9.63 Å². The van der Waals surface area contributed by atoms with Crippen LogP contribution in [0.25, 0.3) is 0 Å². The fourth-order valence-electron chi connectivity index (χ4n) is 3.04. The molecule has 0 aliphatic heterocycles. The maximum atomic E-state index is 12.1. The fraction of sp³-hybridized carbons (Fsp3) is 0.682. The van der Waals surface area contributed by atoms with Gasteiger partial charge in [0.05, 0.1) is 6.61 Å². The molecule has 0 heterocycles. The number of hydrogen-bond acceptors (Lipinski definition) is 6. The van der Waals surface area contributed by atoms with Crippen molar-refractivity contribution < 1.29 is 87.8 Å². The summed E-state index contributed by atoms with van der Waals surface area (Å²) in [4.78, 5) is 23.7. The van der Waals surface area contributed by atoms with Gasteiger partial charge in [-0.1, -0.05) is 82.9 Å². The van der Waals surface area contributed by atoms with Crippen molar-refractivity contribution in [1.29, 1.82) is 0 Å². The monoisotopic (exact) mass is 487 g/mol. The zero-order valence-electron chi connectivity index (χ0n) is 20.0. The molecule has 1 N–H and O–H groups in total. The molecule has 172 valence electrons. The molecule has 10 heteroatoms. The van der Waals surface area contributed by atoms with Gasteiger partial charge in [-0.15, -0.1) is 0 Å². The van der Waals surface area contributed by atoms with Gasteiger partial charge in [-0.25, -0.2) is 0 Å². The van der Waals surface area contributed by atoms with Crippen molar-refractivity contribution in [2.75, 3.05) is 13.2 Å². The summed E-state index contributed by atoms with van der Waals surface area (Å²) in [6.07, 6.45) is 12.1. The average molecular weight is 487 g/mol. The Morgan fingerprint density at radius 1 is 0.969 bits per heavy atom. The first-order valence-corrected chi connectivity index (χ1v) is 12.5. The number of phosphoric ester groups is 1. The topological polar surface area (TPSA) is 114 Å². The third-order valence-corrected chi connectivity index (χ3v) is 5.16. The van der Waals surface area contributed by atoms with Crippen molar-refractivity contribution in [3.63, 3.8) is 0 Å². The van der Waals surface area contributed by atoms with Gasteiger partial charge < -0.3 is 24.2 Å². The second-order valence-electron chi connectivity index (χ2n) is 7.50. The average Bonchev–Trinajstić information content (AvgIpc) is 2.71. The van der Waals surface area contributed by atoms with Crippen molar-refractivity contribution in [1.82, 2.24) is 0 Å². The molecule has 0 spiro atoms. The first kappa shape index (κ1) is 34.8. The predicted octanol–water partition coefficient (Wildman–Crippen LogP) is -2.01. The van der Waals surface area contributed by atoms with Crippen LogP contribution in [0.1, 0.15) is 77.6 Å². The van der Waals surface area contributed by atoms with Gasteiger partial charge in [0.15, 0.2) is 0 Å². The van der Waals surface area contributed by atoms with E-state index in [1.807, 2.05) is 6.07 Å². The number of unbranched alkanes of at least 4 members (excludes halogenated alkanes) is 9. The Morgan fingerprint density at radius 2 is 1.50 bits per heavy atom. The van der Waals surface area contributed by atoms with Gasteiger partial charge in [-0.05, 0) is 30.9 Å². The van der Waals surface area contributed by atoms with Crippen LogP contribution in [0.2, 0.25) is 0 Å². The van der Waals surface area contributed by atoms with Crippen molar-refractivity contribution in [3.8, 4) is 5.75 Å². The van der Waals surface area contributed by atoms with Crippen LogP contribution in [-0.4, -0.2) is 30.0 Å². The Labute approximate surface area is 237 Å². The molecular formula is C22H36NNa2O6P. The number of hydrogen-bond donors (Lipinski definition) is 1. The molecule has 0 amide bonds. The Kier molecular flexibility index (Phi) is 24.0. The molecule has 0 fully saturated rings. The summed E-state index contributed by atoms with van der Waals surface area (Å²) < 4.78 is 20.8. The van der Waals surface area contributed by atoms with Crippen LogP contribution in [-0.2, 0) is 9.09 Å². The van der Waals surface area contributed by atoms with Crippen molar-refractivity contribution >= 4 is 13.7 Å². The normalized spacial score (nSPS) is 14.0. The third-order valence-electron chi connectivity index (χ3n) is 4.69. The van der Waals surface area contributed by atoms with Crippen LogP contribution in [0.5, 0.6) is 5.75 Å². The zero-order chi connectivity index (χ0) is 22.1. The van der Waals surface area contributed by atoms with E-state index < -0.39 is 20.5 Å². The molecule has 1 aromatic rings. The zero-order valence-corrected chi connectivity index (χ0v) is 24.9. The van der Waals surface area contributed by atoms with Gasteiger partial charge in [0.2, 0.25) is 0 Å². The number of para-hydroxylation sites is 1. The van der Waals surface area contributed by atoms with Crippen LogP contribution in [0.4, 0.5) is 0 Å². The Hall–Kier alpha value is 0.600. The van der Waals surface area contributed by atoms with Gasteiger partial charge >= 0.3 is 59.1 Å². The molecule has 2 atom stereocenters. The van der Waals surface area contributed by atoms with E-state index >= 15 is 0 Å². The summed E-state index contributed by atoms with van der Waals surface area (Å²) in [5.41, 5.74) is 0. The third kappa shape index (κ3) is 21.2. The van der Waals surface area contributed by atoms with E-state index in [2.05, 4.69) is 16.4 Å². The molecule has 0 bridgehead atoms. The van der Waals surface area contributed by atoms with Crippen LogP contribution < -0.4 is 73.9 Å². The van der Waals surface area contributed by atoms with E-state index in [1.54, 1.807) is 24.3 Å². The number of phosphoric acid groups is 1. The van der Waals surface area contributed by atoms with E-state index in [-0.39, 0.29) is 71.6 Å². The van der Waals surface area contributed by atoms with Gasteiger partial charge in [0, 0.05) is 0 Å². The quantitative estimate of drug-likeness (QED) is 0.0842. The van der Waals surface area contributed by atoms with Crippen LogP contribution in [0.15, 0.2) is 35.3 Å². The van der Waals surface area contributed by atoms with Gasteiger partial charge in [0.1, 0.15) is 18.4 Å². The predicted molar refractivity (Wildman–Crippen MR) is 115 cm³/mol. The number of ether oxygens (including phenoxy) is 1.